The number of aliphatic hydroxyl groups excluding tert-OH is 2. The van der Waals surface area contributed by atoms with Gasteiger partial charge in [-0.15, -0.1) is 0 Å². The van der Waals surface area contributed by atoms with Crippen molar-refractivity contribution in [1.29, 1.82) is 0 Å². The maximum absolute atomic E-state index is 11.3. The third kappa shape index (κ3) is 3.87. The van der Waals surface area contributed by atoms with E-state index >= 15 is 0 Å². The molecular weight excluding hydrogens is 404 g/mol. The van der Waals surface area contributed by atoms with Crippen LogP contribution in [0.3, 0.4) is 0 Å². The molecule has 0 aromatic rings. The Morgan fingerprint density at radius 1 is 1.00 bits per heavy atom. The summed E-state index contributed by atoms with van der Waals surface area (Å²) in [6.07, 6.45) is 8.30. The van der Waals surface area contributed by atoms with E-state index in [1.165, 1.54) is 0 Å². The molecule has 4 rings (SSSR count). The number of hydrogen-bond acceptors (Lipinski definition) is 5. The average molecular weight is 445 g/mol. The molecule has 4 unspecified atom stereocenters. The van der Waals surface area contributed by atoms with Crippen molar-refractivity contribution >= 4 is 10.4 Å². The van der Waals surface area contributed by atoms with E-state index in [0.29, 0.717) is 41.9 Å². The van der Waals surface area contributed by atoms with Gasteiger partial charge in [-0.25, -0.2) is 4.18 Å². The topological polar surface area (TPSA) is 104 Å². The van der Waals surface area contributed by atoms with Gasteiger partial charge in [-0.3, -0.25) is 4.55 Å². The Balaban J connectivity index is 1.50. The van der Waals surface area contributed by atoms with Crippen molar-refractivity contribution < 1.29 is 27.4 Å². The Bertz CT molecular complexity index is 740. The molecule has 0 bridgehead atoms. The molecule has 0 aromatic heterocycles. The minimum Gasteiger partial charge on any atom is -0.393 e. The summed E-state index contributed by atoms with van der Waals surface area (Å²) in [6.45, 7) is 7.03. The molecule has 0 amide bonds. The molecule has 4 aliphatic carbocycles. The van der Waals surface area contributed by atoms with E-state index in [9.17, 15) is 18.6 Å². The maximum Gasteiger partial charge on any atom is 0.397 e. The summed E-state index contributed by atoms with van der Waals surface area (Å²) in [6, 6.07) is 0. The number of fused-ring (bicyclic) bond motifs is 5. The molecule has 0 spiro atoms. The Labute approximate surface area is 181 Å². The summed E-state index contributed by atoms with van der Waals surface area (Å²) < 4.78 is 35.2. The Morgan fingerprint density at radius 3 is 2.37 bits per heavy atom. The molecule has 174 valence electrons. The van der Waals surface area contributed by atoms with Crippen LogP contribution in [-0.2, 0) is 14.6 Å². The zero-order valence-electron chi connectivity index (χ0n) is 18.7. The van der Waals surface area contributed by atoms with Crippen LogP contribution < -0.4 is 0 Å². The average Bonchev–Trinajstić information content (AvgIpc) is 2.99. The van der Waals surface area contributed by atoms with E-state index < -0.39 is 10.4 Å². The van der Waals surface area contributed by atoms with Crippen LogP contribution in [0.25, 0.3) is 0 Å². The Kier molecular flexibility index (Phi) is 6.11. The summed E-state index contributed by atoms with van der Waals surface area (Å²) in [7, 11) is -4.38. The van der Waals surface area contributed by atoms with Crippen LogP contribution in [0.2, 0.25) is 0 Å². The molecule has 0 aliphatic heterocycles. The second kappa shape index (κ2) is 7.98. The van der Waals surface area contributed by atoms with Crippen molar-refractivity contribution in [3.8, 4) is 0 Å². The summed E-state index contributed by atoms with van der Waals surface area (Å²) in [5.74, 6) is 2.60. The molecule has 6 nitrogen and oxygen atoms in total. The van der Waals surface area contributed by atoms with Gasteiger partial charge in [-0.2, -0.15) is 8.42 Å². The van der Waals surface area contributed by atoms with Crippen molar-refractivity contribution in [3.05, 3.63) is 0 Å². The normalized spacial score (nSPS) is 49.7. The molecule has 0 aromatic carbocycles. The van der Waals surface area contributed by atoms with Crippen LogP contribution in [-0.4, -0.2) is 42.0 Å². The fourth-order valence-electron chi connectivity index (χ4n) is 8.72. The standard InChI is InChI=1S/C23H40O6S/c1-14(8-11-29-30(26,27)28)17-4-5-18-21-19(7-10-23(17,18)3)22(2)9-6-16(24)12-15(22)13-20(21)25/h14-21,24-25H,4-13H2,1-3H3,(H,26,27,28)/t14-,15+,16-,17-,18?,19?,20+,21?,22?,23-/m1/s1. The van der Waals surface area contributed by atoms with Crippen LogP contribution in [0.1, 0.15) is 78.6 Å². The van der Waals surface area contributed by atoms with Crippen LogP contribution in [0.15, 0.2) is 0 Å². The predicted molar refractivity (Wildman–Crippen MR) is 114 cm³/mol. The van der Waals surface area contributed by atoms with Crippen molar-refractivity contribution in [2.75, 3.05) is 6.61 Å². The van der Waals surface area contributed by atoms with Gasteiger partial charge < -0.3 is 10.2 Å². The Morgan fingerprint density at radius 2 is 1.67 bits per heavy atom. The number of aliphatic hydroxyl groups is 2. The summed E-state index contributed by atoms with van der Waals surface area (Å²) in [4.78, 5) is 0. The van der Waals surface area contributed by atoms with E-state index in [-0.39, 0.29) is 29.6 Å². The first kappa shape index (κ1) is 23.0. The van der Waals surface area contributed by atoms with Gasteiger partial charge in [0.2, 0.25) is 0 Å². The van der Waals surface area contributed by atoms with E-state index in [1.54, 1.807) is 0 Å². The summed E-state index contributed by atoms with van der Waals surface area (Å²) in [5.41, 5.74) is 0.397. The van der Waals surface area contributed by atoms with Gasteiger partial charge in [0.25, 0.3) is 0 Å². The molecule has 0 heterocycles. The second-order valence-electron chi connectivity index (χ2n) is 11.5. The van der Waals surface area contributed by atoms with Gasteiger partial charge >= 0.3 is 10.4 Å². The molecule has 3 N–H and O–H groups in total. The number of hydrogen-bond donors (Lipinski definition) is 3. The largest absolute Gasteiger partial charge is 0.397 e. The van der Waals surface area contributed by atoms with Crippen molar-refractivity contribution in [3.63, 3.8) is 0 Å². The van der Waals surface area contributed by atoms with Gasteiger partial charge in [0, 0.05) is 0 Å². The monoisotopic (exact) mass is 444 g/mol. The SMILES string of the molecule is C[C@H](CCOS(=O)(=O)O)[C@H]1CCC2C3C(CC[C@@]21C)C1(C)CC[C@@H](O)C[C@H]1C[C@@H]3O. The zero-order valence-corrected chi connectivity index (χ0v) is 19.5. The van der Waals surface area contributed by atoms with E-state index in [1.807, 2.05) is 0 Å². The highest BCUT2D eigenvalue weighted by Gasteiger charge is 2.62. The molecule has 7 heteroatoms. The lowest BCUT2D eigenvalue weighted by Gasteiger charge is -2.62. The van der Waals surface area contributed by atoms with Gasteiger partial charge in [0.15, 0.2) is 0 Å². The predicted octanol–water partition coefficient (Wildman–Crippen LogP) is 3.82. The quantitative estimate of drug-likeness (QED) is 0.557. The summed E-state index contributed by atoms with van der Waals surface area (Å²) >= 11 is 0. The fourth-order valence-corrected chi connectivity index (χ4v) is 9.02. The van der Waals surface area contributed by atoms with Gasteiger partial charge in [-0.05, 0) is 104 Å². The summed E-state index contributed by atoms with van der Waals surface area (Å²) in [5, 5.41) is 21.5. The van der Waals surface area contributed by atoms with E-state index in [4.69, 9.17) is 4.55 Å². The van der Waals surface area contributed by atoms with Crippen molar-refractivity contribution in [2.45, 2.75) is 90.8 Å². The minimum absolute atomic E-state index is 0.0218. The van der Waals surface area contributed by atoms with Crippen LogP contribution >= 0.6 is 0 Å². The van der Waals surface area contributed by atoms with E-state index in [0.717, 1.165) is 51.4 Å². The molecule has 0 saturated heterocycles. The molecular formula is C23H40O6S. The zero-order chi connectivity index (χ0) is 21.9. The molecule has 10 atom stereocenters. The first-order valence-corrected chi connectivity index (χ1v) is 13.3. The first-order chi connectivity index (χ1) is 14.0. The van der Waals surface area contributed by atoms with Gasteiger partial charge in [0.05, 0.1) is 18.8 Å². The lowest BCUT2D eigenvalue weighted by Crippen LogP contribution is -2.58. The van der Waals surface area contributed by atoms with Gasteiger partial charge in [0.1, 0.15) is 0 Å². The second-order valence-corrected chi connectivity index (χ2v) is 12.6. The molecule has 30 heavy (non-hydrogen) atoms. The van der Waals surface area contributed by atoms with Crippen molar-refractivity contribution in [1.82, 2.24) is 0 Å². The molecule has 4 fully saturated rings. The third-order valence-electron chi connectivity index (χ3n) is 10.2. The highest BCUT2D eigenvalue weighted by atomic mass is 32.3. The lowest BCUT2D eigenvalue weighted by atomic mass is 9.43. The van der Waals surface area contributed by atoms with Crippen molar-refractivity contribution in [2.24, 2.45) is 46.3 Å². The molecule has 4 aliphatic rings. The third-order valence-corrected chi connectivity index (χ3v) is 10.7. The van der Waals surface area contributed by atoms with Crippen LogP contribution in [0, 0.1) is 46.3 Å². The highest BCUT2D eigenvalue weighted by molar-refractivity contribution is 7.80. The van der Waals surface area contributed by atoms with Crippen LogP contribution in [0.5, 0.6) is 0 Å². The fraction of sp³-hybridized carbons (Fsp3) is 1.00. The maximum atomic E-state index is 11.3. The Hall–Kier alpha value is -0.210. The smallest absolute Gasteiger partial charge is 0.393 e. The van der Waals surface area contributed by atoms with Gasteiger partial charge in [-0.1, -0.05) is 20.8 Å². The van der Waals surface area contributed by atoms with E-state index in [2.05, 4.69) is 25.0 Å². The number of rotatable bonds is 5. The lowest BCUT2D eigenvalue weighted by molar-refractivity contribution is -0.174. The first-order valence-electron chi connectivity index (χ1n) is 11.9. The molecule has 4 saturated carbocycles. The van der Waals surface area contributed by atoms with Crippen LogP contribution in [0.4, 0.5) is 0 Å². The molecule has 0 radical (unpaired) electrons. The highest BCUT2D eigenvalue weighted by Crippen LogP contribution is 2.68. The minimum atomic E-state index is -4.38.